The zero-order valence-corrected chi connectivity index (χ0v) is 12.2. The Balaban J connectivity index is 2.32. The van der Waals surface area contributed by atoms with Crippen molar-refractivity contribution in [1.82, 2.24) is 10.2 Å². The molecular formula is C13H20N2O8. The van der Waals surface area contributed by atoms with E-state index in [-0.39, 0.29) is 13.0 Å². The lowest BCUT2D eigenvalue weighted by Gasteiger charge is -2.25. The standard InChI is InChI=1S/C13H20N2O8/c16-6-8(18)13(23)12(22)7(17)5-14-9(19)3-4-15-10(20)1-2-11(15)21/h1-2,7-8,12-13,16-18,22-23H,3-6H2,(H,14,19)/t7-,8-,12-,13-/m1/s1. The second-order valence-electron chi connectivity index (χ2n) is 5.01. The highest BCUT2D eigenvalue weighted by Crippen LogP contribution is 2.06. The summed E-state index contributed by atoms with van der Waals surface area (Å²) in [5, 5.41) is 48.6. The third-order valence-corrected chi connectivity index (χ3v) is 3.30. The molecule has 1 aliphatic rings. The highest BCUT2D eigenvalue weighted by atomic mass is 16.4. The predicted molar refractivity (Wildman–Crippen MR) is 74.6 cm³/mol. The quantitative estimate of drug-likeness (QED) is 0.231. The first kappa shape index (κ1) is 19.2. The number of rotatable bonds is 9. The van der Waals surface area contributed by atoms with Crippen LogP contribution in [0.25, 0.3) is 0 Å². The van der Waals surface area contributed by atoms with Gasteiger partial charge in [-0.25, -0.2) is 0 Å². The van der Waals surface area contributed by atoms with E-state index in [4.69, 9.17) is 10.2 Å². The highest BCUT2D eigenvalue weighted by Gasteiger charge is 2.30. The minimum Gasteiger partial charge on any atom is -0.394 e. The van der Waals surface area contributed by atoms with Crippen LogP contribution in [-0.2, 0) is 14.4 Å². The van der Waals surface area contributed by atoms with E-state index in [1.807, 2.05) is 0 Å². The number of nitrogens with zero attached hydrogens (tertiary/aromatic N) is 1. The van der Waals surface area contributed by atoms with Gasteiger partial charge in [-0.3, -0.25) is 19.3 Å². The highest BCUT2D eigenvalue weighted by molar-refractivity contribution is 6.13. The fourth-order valence-electron chi connectivity index (χ4n) is 1.86. The van der Waals surface area contributed by atoms with Crippen LogP contribution in [0.15, 0.2) is 12.2 Å². The van der Waals surface area contributed by atoms with Gasteiger partial charge in [-0.1, -0.05) is 0 Å². The van der Waals surface area contributed by atoms with Crippen LogP contribution in [0.5, 0.6) is 0 Å². The molecule has 1 aliphatic heterocycles. The molecule has 0 radical (unpaired) electrons. The average molecular weight is 332 g/mol. The number of aliphatic hydroxyl groups is 5. The summed E-state index contributed by atoms with van der Waals surface area (Å²) in [7, 11) is 0. The van der Waals surface area contributed by atoms with E-state index >= 15 is 0 Å². The molecule has 0 aromatic heterocycles. The Labute approximate surface area is 131 Å². The topological polar surface area (TPSA) is 168 Å². The van der Waals surface area contributed by atoms with Crippen molar-refractivity contribution in [3.05, 3.63) is 12.2 Å². The summed E-state index contributed by atoms with van der Waals surface area (Å²) >= 11 is 0. The van der Waals surface area contributed by atoms with Crippen molar-refractivity contribution >= 4 is 17.7 Å². The molecule has 0 saturated heterocycles. The molecule has 0 spiro atoms. The minimum absolute atomic E-state index is 0.124. The van der Waals surface area contributed by atoms with Gasteiger partial charge in [0.05, 0.1) is 12.7 Å². The molecule has 0 fully saturated rings. The van der Waals surface area contributed by atoms with Gasteiger partial charge in [-0.05, 0) is 0 Å². The number of amides is 3. The molecule has 1 heterocycles. The lowest BCUT2D eigenvalue weighted by molar-refractivity contribution is -0.137. The number of nitrogens with one attached hydrogen (secondary N) is 1. The van der Waals surface area contributed by atoms with E-state index in [9.17, 15) is 29.7 Å². The molecule has 0 saturated carbocycles. The van der Waals surface area contributed by atoms with Crippen LogP contribution in [0.1, 0.15) is 6.42 Å². The molecule has 10 heteroatoms. The van der Waals surface area contributed by atoms with Gasteiger partial charge in [0.15, 0.2) is 0 Å². The Hall–Kier alpha value is -1.85. The van der Waals surface area contributed by atoms with Crippen molar-refractivity contribution in [2.75, 3.05) is 19.7 Å². The van der Waals surface area contributed by atoms with E-state index in [1.54, 1.807) is 0 Å². The zero-order valence-electron chi connectivity index (χ0n) is 12.2. The second-order valence-corrected chi connectivity index (χ2v) is 5.01. The van der Waals surface area contributed by atoms with Crippen LogP contribution in [-0.4, -0.2) is 92.3 Å². The maximum absolute atomic E-state index is 11.6. The summed E-state index contributed by atoms with van der Waals surface area (Å²) in [4.78, 5) is 35.0. The molecular weight excluding hydrogens is 312 g/mol. The van der Waals surface area contributed by atoms with Crippen molar-refractivity contribution < 1.29 is 39.9 Å². The van der Waals surface area contributed by atoms with Gasteiger partial charge in [0, 0.05) is 31.7 Å². The van der Waals surface area contributed by atoms with Crippen LogP contribution in [0.3, 0.4) is 0 Å². The Kier molecular flexibility index (Phi) is 7.26. The van der Waals surface area contributed by atoms with E-state index in [0.29, 0.717) is 0 Å². The molecule has 130 valence electrons. The monoisotopic (exact) mass is 332 g/mol. The van der Waals surface area contributed by atoms with Crippen molar-refractivity contribution in [2.24, 2.45) is 0 Å². The number of imide groups is 1. The summed E-state index contributed by atoms with van der Waals surface area (Å²) < 4.78 is 0. The van der Waals surface area contributed by atoms with Crippen LogP contribution in [0.2, 0.25) is 0 Å². The predicted octanol–water partition coefficient (Wildman–Crippen LogP) is -4.15. The van der Waals surface area contributed by atoms with E-state index in [0.717, 1.165) is 17.1 Å². The van der Waals surface area contributed by atoms with Gasteiger partial charge in [-0.15, -0.1) is 0 Å². The Morgan fingerprint density at radius 1 is 1.04 bits per heavy atom. The first-order valence-electron chi connectivity index (χ1n) is 6.91. The fraction of sp³-hybridized carbons (Fsp3) is 0.615. The van der Waals surface area contributed by atoms with Crippen molar-refractivity contribution in [2.45, 2.75) is 30.8 Å². The molecule has 1 rings (SSSR count). The molecule has 0 unspecified atom stereocenters. The molecule has 0 aromatic rings. The molecule has 6 N–H and O–H groups in total. The van der Waals surface area contributed by atoms with Gasteiger partial charge >= 0.3 is 0 Å². The lowest BCUT2D eigenvalue weighted by atomic mass is 10.0. The summed E-state index contributed by atoms with van der Waals surface area (Å²) in [6, 6.07) is 0. The lowest BCUT2D eigenvalue weighted by Crippen LogP contribution is -2.49. The molecule has 0 bridgehead atoms. The maximum atomic E-state index is 11.6. The molecule has 3 amide bonds. The summed E-state index contributed by atoms with van der Waals surface area (Å²) in [5.74, 6) is -1.61. The largest absolute Gasteiger partial charge is 0.394 e. The molecule has 23 heavy (non-hydrogen) atoms. The third-order valence-electron chi connectivity index (χ3n) is 3.30. The number of carbonyl (C=O) groups excluding carboxylic acids is 3. The number of aliphatic hydroxyl groups excluding tert-OH is 5. The fourth-order valence-corrected chi connectivity index (χ4v) is 1.86. The first-order valence-corrected chi connectivity index (χ1v) is 6.91. The first-order chi connectivity index (χ1) is 10.8. The van der Waals surface area contributed by atoms with Crippen molar-refractivity contribution in [1.29, 1.82) is 0 Å². The molecule has 4 atom stereocenters. The van der Waals surface area contributed by atoms with E-state index in [1.165, 1.54) is 0 Å². The summed E-state index contributed by atoms with van der Waals surface area (Å²) in [6.45, 7) is -1.35. The Morgan fingerprint density at radius 3 is 2.09 bits per heavy atom. The second kappa shape index (κ2) is 8.70. The van der Waals surface area contributed by atoms with Crippen molar-refractivity contribution in [3.63, 3.8) is 0 Å². The van der Waals surface area contributed by atoms with Crippen LogP contribution in [0.4, 0.5) is 0 Å². The number of hydrogen-bond donors (Lipinski definition) is 6. The van der Waals surface area contributed by atoms with Gasteiger partial charge in [0.1, 0.15) is 18.3 Å². The smallest absolute Gasteiger partial charge is 0.253 e. The molecule has 0 aromatic carbocycles. The van der Waals surface area contributed by atoms with E-state index < -0.39 is 55.3 Å². The number of carbonyl (C=O) groups is 3. The third kappa shape index (κ3) is 5.37. The molecule has 10 nitrogen and oxygen atoms in total. The van der Waals surface area contributed by atoms with Gasteiger partial charge < -0.3 is 30.8 Å². The van der Waals surface area contributed by atoms with E-state index in [2.05, 4.69) is 5.32 Å². The average Bonchev–Trinajstić information content (AvgIpc) is 2.86. The Morgan fingerprint density at radius 2 is 1.57 bits per heavy atom. The van der Waals surface area contributed by atoms with Gasteiger partial charge in [0.25, 0.3) is 11.8 Å². The Bertz CT molecular complexity index is 463. The van der Waals surface area contributed by atoms with Crippen LogP contribution < -0.4 is 5.32 Å². The summed E-state index contributed by atoms with van der Waals surface area (Å²) in [5.41, 5.74) is 0. The summed E-state index contributed by atoms with van der Waals surface area (Å²) in [6.07, 6.45) is -4.77. The molecule has 0 aliphatic carbocycles. The maximum Gasteiger partial charge on any atom is 0.253 e. The van der Waals surface area contributed by atoms with Gasteiger partial charge in [-0.2, -0.15) is 0 Å². The van der Waals surface area contributed by atoms with Crippen LogP contribution in [0, 0.1) is 0 Å². The minimum atomic E-state index is -1.78. The SMILES string of the molecule is O=C(CCN1C(=O)C=CC1=O)NC[C@@H](O)[C@@H](O)[C@H](O)[C@H](O)CO. The number of hydrogen-bond acceptors (Lipinski definition) is 8. The van der Waals surface area contributed by atoms with Crippen LogP contribution >= 0.6 is 0 Å². The van der Waals surface area contributed by atoms with Gasteiger partial charge in [0.2, 0.25) is 5.91 Å². The normalized spacial score (nSPS) is 19.6. The van der Waals surface area contributed by atoms with Crippen molar-refractivity contribution in [3.8, 4) is 0 Å². The zero-order chi connectivity index (χ0) is 17.6.